The summed E-state index contributed by atoms with van der Waals surface area (Å²) in [6, 6.07) is 12.4. The third-order valence-corrected chi connectivity index (χ3v) is 4.07. The van der Waals surface area contributed by atoms with Crippen molar-refractivity contribution in [1.29, 1.82) is 0 Å². The van der Waals surface area contributed by atoms with Crippen molar-refractivity contribution in [2.45, 2.75) is 19.0 Å². The fourth-order valence-electron chi connectivity index (χ4n) is 2.63. The minimum absolute atomic E-state index is 0.0579. The van der Waals surface area contributed by atoms with E-state index in [1.165, 1.54) is 24.3 Å². The van der Waals surface area contributed by atoms with Gasteiger partial charge in [0.25, 0.3) is 0 Å². The van der Waals surface area contributed by atoms with Crippen molar-refractivity contribution in [3.63, 3.8) is 0 Å². The first kappa shape index (κ1) is 19.5. The molecule has 0 atom stereocenters. The molecule has 0 fully saturated rings. The fraction of sp³-hybridized carbons (Fsp3) is 0.200. The summed E-state index contributed by atoms with van der Waals surface area (Å²) in [4.78, 5) is 23.9. The highest BCUT2D eigenvalue weighted by Crippen LogP contribution is 2.27. The zero-order valence-electron chi connectivity index (χ0n) is 14.5. The van der Waals surface area contributed by atoms with E-state index in [1.807, 2.05) is 0 Å². The number of ether oxygens (including phenoxy) is 1. The lowest BCUT2D eigenvalue weighted by Crippen LogP contribution is -2.14. The van der Waals surface area contributed by atoms with Crippen LogP contribution in [0.25, 0.3) is 11.0 Å². The Morgan fingerprint density at radius 3 is 2.43 bits per heavy atom. The SMILES string of the molecule is O=C(OCCC(F)(F)F)c1ccc(Cc2c(O)c3ccccc3oc2=O)cc1. The average molecular weight is 392 g/mol. The molecule has 5 nitrogen and oxygen atoms in total. The summed E-state index contributed by atoms with van der Waals surface area (Å²) in [5.41, 5.74) is 0.349. The number of alkyl halides is 3. The van der Waals surface area contributed by atoms with Gasteiger partial charge in [-0.2, -0.15) is 13.2 Å². The molecule has 28 heavy (non-hydrogen) atoms. The van der Waals surface area contributed by atoms with Crippen molar-refractivity contribution < 1.29 is 32.2 Å². The summed E-state index contributed by atoms with van der Waals surface area (Å²) < 4.78 is 46.0. The highest BCUT2D eigenvalue weighted by atomic mass is 19.4. The Morgan fingerprint density at radius 2 is 1.75 bits per heavy atom. The lowest BCUT2D eigenvalue weighted by atomic mass is 10.0. The molecule has 0 spiro atoms. The number of hydrogen-bond acceptors (Lipinski definition) is 5. The number of aromatic hydroxyl groups is 1. The molecule has 0 radical (unpaired) electrons. The maximum Gasteiger partial charge on any atom is 0.392 e. The Balaban J connectivity index is 1.74. The number of carbonyl (C=O) groups excluding carboxylic acids is 1. The Bertz CT molecular complexity index is 1050. The van der Waals surface area contributed by atoms with Crippen LogP contribution in [0.15, 0.2) is 57.7 Å². The predicted molar refractivity (Wildman–Crippen MR) is 94.4 cm³/mol. The first-order chi connectivity index (χ1) is 13.2. The van der Waals surface area contributed by atoms with Crippen molar-refractivity contribution in [3.05, 3.63) is 75.6 Å². The lowest BCUT2D eigenvalue weighted by molar-refractivity contribution is -0.141. The Hall–Kier alpha value is -3.29. The second-order valence-electron chi connectivity index (χ2n) is 6.09. The van der Waals surface area contributed by atoms with Crippen LogP contribution < -0.4 is 5.63 Å². The molecule has 0 unspecified atom stereocenters. The number of benzene rings is 2. The molecule has 0 bridgehead atoms. The molecule has 0 amide bonds. The molecular formula is C20H15F3O5. The van der Waals surface area contributed by atoms with E-state index in [2.05, 4.69) is 4.74 Å². The Morgan fingerprint density at radius 1 is 1.07 bits per heavy atom. The van der Waals surface area contributed by atoms with Crippen molar-refractivity contribution in [2.75, 3.05) is 6.61 Å². The van der Waals surface area contributed by atoms with Crippen LogP contribution in [0.3, 0.4) is 0 Å². The van der Waals surface area contributed by atoms with Crippen molar-refractivity contribution in [2.24, 2.45) is 0 Å². The number of fused-ring (bicyclic) bond motifs is 1. The van der Waals surface area contributed by atoms with Gasteiger partial charge < -0.3 is 14.3 Å². The summed E-state index contributed by atoms with van der Waals surface area (Å²) in [6.07, 6.45) is -5.55. The maximum absolute atomic E-state index is 12.1. The molecule has 1 aromatic heterocycles. The van der Waals surface area contributed by atoms with Crippen LogP contribution in [0.5, 0.6) is 5.75 Å². The van der Waals surface area contributed by atoms with E-state index in [1.54, 1.807) is 24.3 Å². The largest absolute Gasteiger partial charge is 0.507 e. The zero-order chi connectivity index (χ0) is 20.3. The molecule has 3 rings (SSSR count). The average Bonchev–Trinajstić information content (AvgIpc) is 2.64. The van der Waals surface area contributed by atoms with Gasteiger partial charge in [0.2, 0.25) is 0 Å². The third kappa shape index (κ3) is 4.51. The summed E-state index contributed by atoms with van der Waals surface area (Å²) in [7, 11) is 0. The summed E-state index contributed by atoms with van der Waals surface area (Å²) in [5.74, 6) is -1.05. The van der Waals surface area contributed by atoms with E-state index < -0.39 is 30.8 Å². The number of esters is 1. The normalized spacial score (nSPS) is 11.5. The van der Waals surface area contributed by atoms with Crippen LogP contribution in [-0.4, -0.2) is 23.9 Å². The first-order valence-corrected chi connectivity index (χ1v) is 8.31. The van der Waals surface area contributed by atoms with Gasteiger partial charge in [-0.25, -0.2) is 9.59 Å². The molecule has 3 aromatic rings. The standard InChI is InChI=1S/C20H15F3O5/c21-20(22,23)9-10-27-18(25)13-7-5-12(6-8-13)11-15-17(24)14-3-1-2-4-16(14)28-19(15)26/h1-8,24H,9-11H2. The van der Waals surface area contributed by atoms with Gasteiger partial charge in [0.15, 0.2) is 0 Å². The summed E-state index contributed by atoms with van der Waals surface area (Å²) in [6.45, 7) is -0.754. The van der Waals surface area contributed by atoms with Gasteiger partial charge >= 0.3 is 17.8 Å². The van der Waals surface area contributed by atoms with E-state index in [0.29, 0.717) is 10.9 Å². The minimum Gasteiger partial charge on any atom is -0.507 e. The first-order valence-electron chi connectivity index (χ1n) is 8.31. The van der Waals surface area contributed by atoms with E-state index in [9.17, 15) is 27.9 Å². The van der Waals surface area contributed by atoms with Crippen molar-refractivity contribution in [3.8, 4) is 5.75 Å². The van der Waals surface area contributed by atoms with Crippen LogP contribution in [-0.2, 0) is 11.2 Å². The Kier molecular flexibility index (Phi) is 5.39. The second-order valence-corrected chi connectivity index (χ2v) is 6.09. The number of para-hydroxylation sites is 1. The lowest BCUT2D eigenvalue weighted by Gasteiger charge is -2.09. The highest BCUT2D eigenvalue weighted by molar-refractivity contribution is 5.89. The van der Waals surface area contributed by atoms with Crippen LogP contribution in [0.2, 0.25) is 0 Å². The van der Waals surface area contributed by atoms with Gasteiger partial charge in [0.05, 0.1) is 22.9 Å². The predicted octanol–water partition coefficient (Wildman–Crippen LogP) is 4.20. The van der Waals surface area contributed by atoms with Gasteiger partial charge in [0, 0.05) is 6.42 Å². The molecule has 0 aliphatic heterocycles. The topological polar surface area (TPSA) is 76.7 Å². The minimum atomic E-state index is -4.40. The van der Waals surface area contributed by atoms with Gasteiger partial charge in [-0.3, -0.25) is 0 Å². The third-order valence-electron chi connectivity index (χ3n) is 4.07. The van der Waals surface area contributed by atoms with E-state index >= 15 is 0 Å². The molecule has 0 saturated carbocycles. The molecule has 1 heterocycles. The zero-order valence-corrected chi connectivity index (χ0v) is 14.5. The second kappa shape index (κ2) is 7.75. The van der Waals surface area contributed by atoms with Gasteiger partial charge in [-0.1, -0.05) is 24.3 Å². The van der Waals surface area contributed by atoms with Crippen molar-refractivity contribution in [1.82, 2.24) is 0 Å². The summed E-state index contributed by atoms with van der Waals surface area (Å²) in [5, 5.41) is 10.8. The molecule has 146 valence electrons. The Labute approximate surface area is 157 Å². The van der Waals surface area contributed by atoms with Crippen molar-refractivity contribution >= 4 is 16.9 Å². The fourth-order valence-corrected chi connectivity index (χ4v) is 2.63. The monoisotopic (exact) mass is 392 g/mol. The molecular weight excluding hydrogens is 377 g/mol. The molecule has 0 saturated heterocycles. The molecule has 2 aromatic carbocycles. The molecule has 0 aliphatic rings. The quantitative estimate of drug-likeness (QED) is 0.520. The van der Waals surface area contributed by atoms with Crippen LogP contribution >= 0.6 is 0 Å². The number of rotatable bonds is 5. The van der Waals surface area contributed by atoms with Crippen LogP contribution in [0, 0.1) is 0 Å². The van der Waals surface area contributed by atoms with Gasteiger partial charge in [-0.05, 0) is 29.8 Å². The number of carbonyl (C=O) groups is 1. The molecule has 1 N–H and O–H groups in total. The molecule has 0 aliphatic carbocycles. The van der Waals surface area contributed by atoms with Crippen LogP contribution in [0.4, 0.5) is 13.2 Å². The van der Waals surface area contributed by atoms with E-state index in [0.717, 1.165) is 0 Å². The van der Waals surface area contributed by atoms with E-state index in [-0.39, 0.29) is 28.9 Å². The van der Waals surface area contributed by atoms with E-state index in [4.69, 9.17) is 4.42 Å². The number of halogens is 3. The highest BCUT2D eigenvalue weighted by Gasteiger charge is 2.27. The maximum atomic E-state index is 12.1. The smallest absolute Gasteiger partial charge is 0.392 e. The van der Waals surface area contributed by atoms with Crippen LogP contribution in [0.1, 0.15) is 27.9 Å². The van der Waals surface area contributed by atoms with Gasteiger partial charge in [-0.15, -0.1) is 0 Å². The number of hydrogen-bond donors (Lipinski definition) is 1. The molecule has 8 heteroatoms. The summed E-state index contributed by atoms with van der Waals surface area (Å²) >= 11 is 0. The van der Waals surface area contributed by atoms with Gasteiger partial charge in [0.1, 0.15) is 17.9 Å².